The van der Waals surface area contributed by atoms with Crippen LogP contribution in [0.4, 0.5) is 5.69 Å². The number of ether oxygens (including phenoxy) is 2. The SMILES string of the molecule is COc1cc2c(cc1OCCCN1CCCC1)N(C1CCN(C(C)C)CC1)C(C1CCCCC1)N=C2N. The molecule has 0 amide bonds. The minimum absolute atomic E-state index is 0.125. The van der Waals surface area contributed by atoms with E-state index in [0.717, 1.165) is 56.0 Å². The van der Waals surface area contributed by atoms with E-state index in [1.165, 1.54) is 63.7 Å². The summed E-state index contributed by atoms with van der Waals surface area (Å²) in [6.07, 6.45) is 12.6. The van der Waals surface area contributed by atoms with E-state index in [2.05, 4.69) is 40.7 Å². The second kappa shape index (κ2) is 12.2. The maximum Gasteiger partial charge on any atom is 0.163 e. The zero-order valence-electron chi connectivity index (χ0n) is 23.5. The summed E-state index contributed by atoms with van der Waals surface area (Å²) in [5.74, 6) is 2.81. The van der Waals surface area contributed by atoms with E-state index >= 15 is 0 Å². The molecule has 7 heteroatoms. The Kier molecular flexibility index (Phi) is 8.81. The Morgan fingerprint density at radius 3 is 2.35 bits per heavy atom. The standard InChI is InChI=1S/C30H49N5O2/c1-22(2)34-17-12-24(13-18-34)35-26-21-28(37-19-9-16-33-14-7-8-15-33)27(36-3)20-25(26)29(31)32-30(35)23-10-5-4-6-11-23/h20-24,30H,4-19H2,1-3H3,(H2,31,32). The first-order valence-corrected chi connectivity index (χ1v) is 15.0. The molecule has 1 aromatic rings. The number of rotatable bonds is 9. The van der Waals surface area contributed by atoms with Crippen LogP contribution >= 0.6 is 0 Å². The Balaban J connectivity index is 1.40. The third-order valence-electron chi connectivity index (χ3n) is 9.16. The lowest BCUT2D eigenvalue weighted by atomic mass is 9.84. The van der Waals surface area contributed by atoms with Gasteiger partial charge in [0.15, 0.2) is 11.5 Å². The molecule has 0 aromatic heterocycles. The highest BCUT2D eigenvalue weighted by atomic mass is 16.5. The average molecular weight is 512 g/mol. The fourth-order valence-electron chi connectivity index (χ4n) is 6.99. The second-order valence-corrected chi connectivity index (χ2v) is 11.9. The van der Waals surface area contributed by atoms with Crippen molar-refractivity contribution in [2.75, 3.05) is 51.3 Å². The van der Waals surface area contributed by atoms with E-state index < -0.39 is 0 Å². The molecule has 7 nitrogen and oxygen atoms in total. The molecule has 4 aliphatic rings. The van der Waals surface area contributed by atoms with Crippen molar-refractivity contribution in [2.24, 2.45) is 16.6 Å². The van der Waals surface area contributed by atoms with E-state index in [1.807, 2.05) is 0 Å². The minimum Gasteiger partial charge on any atom is -0.493 e. The number of hydrogen-bond acceptors (Lipinski definition) is 7. The molecular weight excluding hydrogens is 462 g/mol. The van der Waals surface area contributed by atoms with Gasteiger partial charge >= 0.3 is 0 Å². The lowest BCUT2D eigenvalue weighted by Crippen LogP contribution is -2.54. The molecule has 37 heavy (non-hydrogen) atoms. The molecule has 1 atom stereocenters. The Morgan fingerprint density at radius 1 is 0.946 bits per heavy atom. The van der Waals surface area contributed by atoms with E-state index in [1.54, 1.807) is 7.11 Å². The Morgan fingerprint density at radius 2 is 1.68 bits per heavy atom. The molecule has 1 unspecified atom stereocenters. The molecule has 2 saturated heterocycles. The van der Waals surface area contributed by atoms with Gasteiger partial charge in [-0.2, -0.15) is 0 Å². The summed E-state index contributed by atoms with van der Waals surface area (Å²) >= 11 is 0. The molecular formula is C30H49N5O2. The number of piperidine rings is 1. The van der Waals surface area contributed by atoms with Gasteiger partial charge in [-0.15, -0.1) is 0 Å². The van der Waals surface area contributed by atoms with E-state index in [0.29, 0.717) is 30.4 Å². The van der Waals surface area contributed by atoms with Gasteiger partial charge in [0.1, 0.15) is 12.0 Å². The maximum atomic E-state index is 6.68. The first kappa shape index (κ1) is 26.6. The highest BCUT2D eigenvalue weighted by molar-refractivity contribution is 6.05. The summed E-state index contributed by atoms with van der Waals surface area (Å²) < 4.78 is 12.2. The number of likely N-dealkylation sites (tertiary alicyclic amines) is 2. The zero-order chi connectivity index (χ0) is 25.8. The fourth-order valence-corrected chi connectivity index (χ4v) is 6.99. The number of nitrogens with two attached hydrogens (primary N) is 1. The molecule has 1 saturated carbocycles. The topological polar surface area (TPSA) is 66.6 Å². The van der Waals surface area contributed by atoms with Crippen molar-refractivity contribution in [1.82, 2.24) is 9.80 Å². The first-order chi connectivity index (χ1) is 18.0. The van der Waals surface area contributed by atoms with Gasteiger partial charge in [-0.3, -0.25) is 0 Å². The molecule has 0 radical (unpaired) electrons. The summed E-state index contributed by atoms with van der Waals surface area (Å²) in [4.78, 5) is 13.0. The predicted molar refractivity (Wildman–Crippen MR) is 152 cm³/mol. The molecule has 3 fully saturated rings. The fraction of sp³-hybridized carbons (Fsp3) is 0.767. The van der Waals surface area contributed by atoms with Gasteiger partial charge in [0.2, 0.25) is 0 Å². The Hall–Kier alpha value is -1.99. The van der Waals surface area contributed by atoms with Gasteiger partial charge in [-0.05, 0) is 83.9 Å². The number of nitrogens with zero attached hydrogens (tertiary/aromatic N) is 4. The van der Waals surface area contributed by atoms with Crippen LogP contribution < -0.4 is 20.1 Å². The van der Waals surface area contributed by atoms with Gasteiger partial charge in [0, 0.05) is 43.3 Å². The number of amidine groups is 1. The Bertz CT molecular complexity index is 915. The van der Waals surface area contributed by atoms with Crippen molar-refractivity contribution in [3.63, 3.8) is 0 Å². The third-order valence-corrected chi connectivity index (χ3v) is 9.16. The number of hydrogen-bond donors (Lipinski definition) is 1. The van der Waals surface area contributed by atoms with Crippen LogP contribution in [0.25, 0.3) is 0 Å². The Labute approximate surface area is 224 Å². The molecule has 1 aliphatic carbocycles. The van der Waals surface area contributed by atoms with Crippen molar-refractivity contribution in [3.05, 3.63) is 17.7 Å². The summed E-state index contributed by atoms with van der Waals surface area (Å²) in [7, 11) is 1.72. The summed E-state index contributed by atoms with van der Waals surface area (Å²) in [5, 5.41) is 0. The molecule has 3 heterocycles. The van der Waals surface area contributed by atoms with Gasteiger partial charge in [0.25, 0.3) is 0 Å². The number of fused-ring (bicyclic) bond motifs is 1. The second-order valence-electron chi connectivity index (χ2n) is 11.9. The van der Waals surface area contributed by atoms with Crippen LogP contribution in [-0.4, -0.2) is 80.3 Å². The van der Waals surface area contributed by atoms with E-state index in [9.17, 15) is 0 Å². The average Bonchev–Trinajstić information content (AvgIpc) is 3.45. The number of aliphatic imine (C=N–C) groups is 1. The maximum absolute atomic E-state index is 6.68. The van der Waals surface area contributed by atoms with Crippen molar-refractivity contribution < 1.29 is 9.47 Å². The van der Waals surface area contributed by atoms with Crippen LogP contribution in [0.1, 0.15) is 83.6 Å². The predicted octanol–water partition coefficient (Wildman–Crippen LogP) is 4.86. The van der Waals surface area contributed by atoms with Crippen molar-refractivity contribution in [3.8, 4) is 11.5 Å². The van der Waals surface area contributed by atoms with Crippen LogP contribution in [0.3, 0.4) is 0 Å². The van der Waals surface area contributed by atoms with Crippen LogP contribution in [0, 0.1) is 5.92 Å². The molecule has 2 N–H and O–H groups in total. The molecule has 1 aromatic carbocycles. The normalized spacial score (nSPS) is 24.4. The van der Waals surface area contributed by atoms with Gasteiger partial charge in [-0.1, -0.05) is 19.3 Å². The zero-order valence-corrected chi connectivity index (χ0v) is 23.5. The third kappa shape index (κ3) is 6.03. The lowest BCUT2D eigenvalue weighted by molar-refractivity contribution is 0.161. The van der Waals surface area contributed by atoms with E-state index in [4.69, 9.17) is 20.2 Å². The highest BCUT2D eigenvalue weighted by Crippen LogP contribution is 2.43. The van der Waals surface area contributed by atoms with Crippen molar-refractivity contribution in [2.45, 2.75) is 96.3 Å². The lowest BCUT2D eigenvalue weighted by Gasteiger charge is -2.48. The molecule has 206 valence electrons. The number of anilines is 1. The summed E-state index contributed by atoms with van der Waals surface area (Å²) in [6, 6.07) is 5.35. The summed E-state index contributed by atoms with van der Waals surface area (Å²) in [6.45, 7) is 11.2. The molecule has 3 aliphatic heterocycles. The van der Waals surface area contributed by atoms with Gasteiger partial charge in [0.05, 0.1) is 19.4 Å². The van der Waals surface area contributed by atoms with Gasteiger partial charge < -0.3 is 29.9 Å². The smallest absolute Gasteiger partial charge is 0.163 e. The van der Waals surface area contributed by atoms with Crippen LogP contribution in [0.2, 0.25) is 0 Å². The van der Waals surface area contributed by atoms with E-state index in [-0.39, 0.29) is 6.17 Å². The largest absolute Gasteiger partial charge is 0.493 e. The molecule has 0 bridgehead atoms. The molecule has 5 rings (SSSR count). The highest BCUT2D eigenvalue weighted by Gasteiger charge is 2.39. The van der Waals surface area contributed by atoms with Crippen molar-refractivity contribution in [1.29, 1.82) is 0 Å². The number of benzene rings is 1. The van der Waals surface area contributed by atoms with Crippen molar-refractivity contribution >= 4 is 11.5 Å². The van der Waals surface area contributed by atoms with Crippen LogP contribution in [0.5, 0.6) is 11.5 Å². The summed E-state index contributed by atoms with van der Waals surface area (Å²) in [5.41, 5.74) is 8.87. The minimum atomic E-state index is 0.125. The molecule has 0 spiro atoms. The quantitative estimate of drug-likeness (QED) is 0.478. The van der Waals surface area contributed by atoms with Crippen LogP contribution in [-0.2, 0) is 0 Å². The van der Waals surface area contributed by atoms with Gasteiger partial charge in [-0.25, -0.2) is 4.99 Å². The van der Waals surface area contributed by atoms with Crippen LogP contribution in [0.15, 0.2) is 17.1 Å². The monoisotopic (exact) mass is 511 g/mol. The first-order valence-electron chi connectivity index (χ1n) is 15.0. The number of methoxy groups -OCH3 is 1.